The SMILES string of the molecule is CCNC(=O)COc1ccc(CNC2CC(c3ccccc3)C2)cc1OC. The minimum atomic E-state index is -0.136. The van der Waals surface area contributed by atoms with Crippen LogP contribution < -0.4 is 20.1 Å². The molecule has 5 nitrogen and oxygen atoms in total. The van der Waals surface area contributed by atoms with Gasteiger partial charge in [0.25, 0.3) is 5.91 Å². The molecule has 1 aliphatic carbocycles. The zero-order chi connectivity index (χ0) is 19.1. The first-order valence-electron chi connectivity index (χ1n) is 9.54. The number of likely N-dealkylation sites (N-methyl/N-ethyl adjacent to an activating group) is 1. The fourth-order valence-corrected chi connectivity index (χ4v) is 3.38. The van der Waals surface area contributed by atoms with Crippen molar-refractivity contribution in [2.45, 2.75) is 38.3 Å². The van der Waals surface area contributed by atoms with Crippen LogP contribution in [0.25, 0.3) is 0 Å². The number of ether oxygens (including phenoxy) is 2. The van der Waals surface area contributed by atoms with E-state index in [1.165, 1.54) is 18.4 Å². The van der Waals surface area contributed by atoms with E-state index < -0.39 is 0 Å². The second kappa shape index (κ2) is 9.42. The van der Waals surface area contributed by atoms with Crippen molar-refractivity contribution in [1.29, 1.82) is 0 Å². The monoisotopic (exact) mass is 368 g/mol. The Labute approximate surface area is 161 Å². The number of amides is 1. The summed E-state index contributed by atoms with van der Waals surface area (Å²) in [6.45, 7) is 3.25. The summed E-state index contributed by atoms with van der Waals surface area (Å²) >= 11 is 0. The molecule has 0 saturated heterocycles. The average Bonchev–Trinajstić information content (AvgIpc) is 2.66. The van der Waals surface area contributed by atoms with Crippen LogP contribution in [0.2, 0.25) is 0 Å². The van der Waals surface area contributed by atoms with Crippen molar-refractivity contribution in [2.75, 3.05) is 20.3 Å². The maximum absolute atomic E-state index is 11.5. The summed E-state index contributed by atoms with van der Waals surface area (Å²) in [7, 11) is 1.61. The molecule has 0 radical (unpaired) electrons. The molecule has 0 spiro atoms. The van der Waals surface area contributed by atoms with E-state index in [4.69, 9.17) is 9.47 Å². The molecule has 0 unspecified atom stereocenters. The Balaban J connectivity index is 1.47. The van der Waals surface area contributed by atoms with Gasteiger partial charge in [0.15, 0.2) is 18.1 Å². The van der Waals surface area contributed by atoms with Crippen molar-refractivity contribution in [3.05, 3.63) is 59.7 Å². The molecule has 27 heavy (non-hydrogen) atoms. The largest absolute Gasteiger partial charge is 0.493 e. The number of hydrogen-bond acceptors (Lipinski definition) is 4. The lowest BCUT2D eigenvalue weighted by molar-refractivity contribution is -0.123. The molecule has 5 heteroatoms. The minimum Gasteiger partial charge on any atom is -0.493 e. The van der Waals surface area contributed by atoms with Crippen molar-refractivity contribution in [3.63, 3.8) is 0 Å². The summed E-state index contributed by atoms with van der Waals surface area (Å²) in [4.78, 5) is 11.5. The van der Waals surface area contributed by atoms with Crippen molar-refractivity contribution >= 4 is 5.91 Å². The maximum Gasteiger partial charge on any atom is 0.257 e. The third kappa shape index (κ3) is 5.23. The molecule has 0 atom stereocenters. The standard InChI is InChI=1S/C22H28N2O3/c1-3-23-22(25)15-27-20-10-9-16(11-21(20)26-2)14-24-19-12-18(13-19)17-7-5-4-6-8-17/h4-11,18-19,24H,3,12-15H2,1-2H3,(H,23,25). The molecule has 1 saturated carbocycles. The van der Waals surface area contributed by atoms with Gasteiger partial charge in [-0.25, -0.2) is 0 Å². The molecule has 0 heterocycles. The lowest BCUT2D eigenvalue weighted by Gasteiger charge is -2.36. The lowest BCUT2D eigenvalue weighted by Crippen LogP contribution is -2.39. The summed E-state index contributed by atoms with van der Waals surface area (Å²) in [6, 6.07) is 17.1. The molecule has 3 rings (SSSR count). The zero-order valence-corrected chi connectivity index (χ0v) is 16.0. The molecular weight excluding hydrogens is 340 g/mol. The fourth-order valence-electron chi connectivity index (χ4n) is 3.38. The second-order valence-corrected chi connectivity index (χ2v) is 6.88. The highest BCUT2D eigenvalue weighted by atomic mass is 16.5. The lowest BCUT2D eigenvalue weighted by atomic mass is 9.76. The molecule has 2 aromatic rings. The Morgan fingerprint density at radius 2 is 1.89 bits per heavy atom. The number of methoxy groups -OCH3 is 1. The van der Waals surface area contributed by atoms with Gasteiger partial charge in [-0.05, 0) is 48.9 Å². The number of nitrogens with one attached hydrogen (secondary N) is 2. The molecule has 1 aliphatic rings. The van der Waals surface area contributed by atoms with Crippen LogP contribution in [0.5, 0.6) is 11.5 Å². The third-order valence-electron chi connectivity index (χ3n) is 4.96. The second-order valence-electron chi connectivity index (χ2n) is 6.88. The van der Waals surface area contributed by atoms with Gasteiger partial charge in [0.2, 0.25) is 0 Å². The molecular formula is C22H28N2O3. The molecule has 2 N–H and O–H groups in total. The summed E-state index contributed by atoms with van der Waals surface area (Å²) in [5.74, 6) is 1.76. The molecule has 1 fully saturated rings. The van der Waals surface area contributed by atoms with Crippen LogP contribution in [-0.4, -0.2) is 32.2 Å². The Kier molecular flexibility index (Phi) is 6.71. The highest BCUT2D eigenvalue weighted by molar-refractivity contribution is 5.77. The van der Waals surface area contributed by atoms with E-state index in [1.54, 1.807) is 7.11 Å². The van der Waals surface area contributed by atoms with Gasteiger partial charge in [-0.1, -0.05) is 36.4 Å². The number of carbonyl (C=O) groups excluding carboxylic acids is 1. The quantitative estimate of drug-likeness (QED) is 0.713. The van der Waals surface area contributed by atoms with Gasteiger partial charge in [-0.15, -0.1) is 0 Å². The number of carbonyl (C=O) groups is 1. The minimum absolute atomic E-state index is 0.00918. The predicted octanol–water partition coefficient (Wildman–Crippen LogP) is 3.25. The Bertz CT molecular complexity index is 742. The van der Waals surface area contributed by atoms with Crippen LogP contribution in [0.4, 0.5) is 0 Å². The number of rotatable bonds is 9. The normalized spacial score (nSPS) is 18.4. The van der Waals surface area contributed by atoms with E-state index in [2.05, 4.69) is 41.0 Å². The van der Waals surface area contributed by atoms with Crippen LogP contribution in [0.3, 0.4) is 0 Å². The zero-order valence-electron chi connectivity index (χ0n) is 16.0. The van der Waals surface area contributed by atoms with Crippen molar-refractivity contribution in [2.24, 2.45) is 0 Å². The van der Waals surface area contributed by atoms with Gasteiger partial charge in [-0.2, -0.15) is 0 Å². The van der Waals surface area contributed by atoms with Crippen LogP contribution in [0.15, 0.2) is 48.5 Å². The molecule has 2 aromatic carbocycles. The number of hydrogen-bond donors (Lipinski definition) is 2. The maximum atomic E-state index is 11.5. The van der Waals surface area contributed by atoms with Crippen LogP contribution >= 0.6 is 0 Å². The van der Waals surface area contributed by atoms with E-state index in [0.717, 1.165) is 12.1 Å². The van der Waals surface area contributed by atoms with Gasteiger partial charge in [-0.3, -0.25) is 4.79 Å². The highest BCUT2D eigenvalue weighted by Gasteiger charge is 2.29. The first-order valence-corrected chi connectivity index (χ1v) is 9.54. The van der Waals surface area contributed by atoms with E-state index >= 15 is 0 Å². The summed E-state index contributed by atoms with van der Waals surface area (Å²) < 4.78 is 11.0. The van der Waals surface area contributed by atoms with Gasteiger partial charge in [0.05, 0.1) is 7.11 Å². The topological polar surface area (TPSA) is 59.6 Å². The molecule has 0 aromatic heterocycles. The molecule has 1 amide bonds. The van der Waals surface area contributed by atoms with Crippen molar-refractivity contribution < 1.29 is 14.3 Å². The van der Waals surface area contributed by atoms with Gasteiger partial charge >= 0.3 is 0 Å². The van der Waals surface area contributed by atoms with Crippen LogP contribution in [0.1, 0.15) is 36.8 Å². The van der Waals surface area contributed by atoms with Gasteiger partial charge in [0.1, 0.15) is 0 Å². The Morgan fingerprint density at radius 1 is 1.11 bits per heavy atom. The van der Waals surface area contributed by atoms with E-state index in [-0.39, 0.29) is 12.5 Å². The average molecular weight is 368 g/mol. The number of benzene rings is 2. The van der Waals surface area contributed by atoms with Crippen molar-refractivity contribution in [1.82, 2.24) is 10.6 Å². The predicted molar refractivity (Wildman–Crippen MR) is 106 cm³/mol. The first-order chi connectivity index (χ1) is 13.2. The molecule has 0 aliphatic heterocycles. The van der Waals surface area contributed by atoms with E-state index in [0.29, 0.717) is 30.0 Å². The van der Waals surface area contributed by atoms with Gasteiger partial charge < -0.3 is 20.1 Å². The summed E-state index contributed by atoms with van der Waals surface area (Å²) in [6.07, 6.45) is 2.35. The summed E-state index contributed by atoms with van der Waals surface area (Å²) in [5.41, 5.74) is 2.58. The van der Waals surface area contributed by atoms with Crippen molar-refractivity contribution in [3.8, 4) is 11.5 Å². The third-order valence-corrected chi connectivity index (χ3v) is 4.96. The van der Waals surface area contributed by atoms with Gasteiger partial charge in [0, 0.05) is 19.1 Å². The first kappa shape index (κ1) is 19.2. The Hall–Kier alpha value is -2.53. The fraction of sp³-hybridized carbons (Fsp3) is 0.409. The van der Waals surface area contributed by atoms with E-state index in [1.807, 2.05) is 25.1 Å². The smallest absolute Gasteiger partial charge is 0.257 e. The molecule has 144 valence electrons. The van der Waals surface area contributed by atoms with Crippen LogP contribution in [-0.2, 0) is 11.3 Å². The van der Waals surface area contributed by atoms with Crippen LogP contribution in [0, 0.1) is 0 Å². The highest BCUT2D eigenvalue weighted by Crippen LogP contribution is 2.37. The molecule has 0 bridgehead atoms. The van der Waals surface area contributed by atoms with E-state index in [9.17, 15) is 4.79 Å². The Morgan fingerprint density at radius 3 is 2.59 bits per heavy atom. The summed E-state index contributed by atoms with van der Waals surface area (Å²) in [5, 5.41) is 6.32.